The zero-order valence-corrected chi connectivity index (χ0v) is 20.9. The molecule has 0 amide bonds. The van der Waals surface area contributed by atoms with Crippen molar-refractivity contribution in [3.8, 4) is 0 Å². The highest BCUT2D eigenvalue weighted by molar-refractivity contribution is 8.05. The SMILES string of the molecule is CC(C)(C)C1=C[C@@H]([C@@H]2C=C(C(C)(C)C)[C@@H](C(C)(C)C)S2)S[C@H]1C(C)(C)C. The van der Waals surface area contributed by atoms with Gasteiger partial charge in [0, 0.05) is 21.0 Å². The minimum absolute atomic E-state index is 0.253. The van der Waals surface area contributed by atoms with E-state index in [4.69, 9.17) is 0 Å². The van der Waals surface area contributed by atoms with E-state index in [0.29, 0.717) is 31.8 Å². The standard InChI is InChI=1S/C24H42S2/c1-21(2,3)15-13-17(25-19(15)23(7,8)9)18-14-16(22(4,5)6)20(26-18)24(10,11)12/h13-14,17-20H,1-12H3/t17-,18-,19-,20+/m0/s1. The Balaban J connectivity index is 2.37. The molecule has 0 bridgehead atoms. The van der Waals surface area contributed by atoms with E-state index in [1.807, 2.05) is 0 Å². The van der Waals surface area contributed by atoms with Crippen LogP contribution in [0.2, 0.25) is 0 Å². The summed E-state index contributed by atoms with van der Waals surface area (Å²) < 4.78 is 0. The van der Waals surface area contributed by atoms with Gasteiger partial charge in [-0.2, -0.15) is 0 Å². The van der Waals surface area contributed by atoms with E-state index in [-0.39, 0.29) is 10.8 Å². The Morgan fingerprint density at radius 3 is 0.962 bits per heavy atom. The van der Waals surface area contributed by atoms with Crippen LogP contribution in [0.3, 0.4) is 0 Å². The highest BCUT2D eigenvalue weighted by atomic mass is 32.2. The molecule has 0 aromatic rings. The Bertz CT molecular complexity index is 528. The molecule has 26 heavy (non-hydrogen) atoms. The van der Waals surface area contributed by atoms with Gasteiger partial charge in [-0.05, 0) is 21.7 Å². The van der Waals surface area contributed by atoms with Gasteiger partial charge in [0.25, 0.3) is 0 Å². The van der Waals surface area contributed by atoms with E-state index in [1.54, 1.807) is 11.1 Å². The summed E-state index contributed by atoms with van der Waals surface area (Å²) in [6, 6.07) is 0. The van der Waals surface area contributed by atoms with Crippen LogP contribution in [-0.4, -0.2) is 21.0 Å². The first-order chi connectivity index (χ1) is 11.4. The van der Waals surface area contributed by atoms with Crippen molar-refractivity contribution >= 4 is 23.5 Å². The third-order valence-electron chi connectivity index (χ3n) is 5.47. The summed E-state index contributed by atoms with van der Waals surface area (Å²) in [4.78, 5) is 0. The first-order valence-electron chi connectivity index (χ1n) is 10.2. The lowest BCUT2D eigenvalue weighted by Crippen LogP contribution is -2.29. The molecular weight excluding hydrogens is 352 g/mol. The van der Waals surface area contributed by atoms with Crippen LogP contribution < -0.4 is 0 Å². The summed E-state index contributed by atoms with van der Waals surface area (Å²) in [6.07, 6.45) is 5.28. The molecule has 0 unspecified atom stereocenters. The van der Waals surface area contributed by atoms with Gasteiger partial charge in [-0.3, -0.25) is 0 Å². The molecule has 0 nitrogen and oxygen atoms in total. The Kier molecular flexibility index (Phi) is 5.97. The molecule has 4 atom stereocenters. The van der Waals surface area contributed by atoms with E-state index in [0.717, 1.165) is 0 Å². The van der Waals surface area contributed by atoms with Crippen molar-refractivity contribution in [2.75, 3.05) is 0 Å². The second-order valence-electron chi connectivity index (χ2n) is 12.4. The van der Waals surface area contributed by atoms with Gasteiger partial charge in [0.05, 0.1) is 0 Å². The molecule has 0 spiro atoms. The van der Waals surface area contributed by atoms with E-state index < -0.39 is 0 Å². The average molecular weight is 395 g/mol. The maximum Gasteiger partial charge on any atom is 0.0391 e. The Morgan fingerprint density at radius 1 is 0.538 bits per heavy atom. The molecule has 2 heterocycles. The molecule has 0 aliphatic carbocycles. The average Bonchev–Trinajstić information content (AvgIpc) is 3.00. The molecule has 150 valence electrons. The summed E-state index contributed by atoms with van der Waals surface area (Å²) in [7, 11) is 0. The lowest BCUT2D eigenvalue weighted by Gasteiger charge is -2.36. The highest BCUT2D eigenvalue weighted by Crippen LogP contribution is 2.56. The molecule has 0 radical (unpaired) electrons. The monoisotopic (exact) mass is 394 g/mol. The summed E-state index contributed by atoms with van der Waals surface area (Å²) in [5.74, 6) is 0. The van der Waals surface area contributed by atoms with Crippen molar-refractivity contribution in [3.63, 3.8) is 0 Å². The minimum atomic E-state index is 0.253. The fourth-order valence-corrected chi connectivity index (χ4v) is 7.95. The Labute approximate surface area is 172 Å². The molecule has 0 aromatic carbocycles. The van der Waals surface area contributed by atoms with Crippen molar-refractivity contribution in [3.05, 3.63) is 23.3 Å². The zero-order chi connectivity index (χ0) is 20.3. The van der Waals surface area contributed by atoms with Gasteiger partial charge < -0.3 is 0 Å². The van der Waals surface area contributed by atoms with Crippen LogP contribution in [0.15, 0.2) is 23.3 Å². The first-order valence-corrected chi connectivity index (χ1v) is 12.1. The smallest absolute Gasteiger partial charge is 0.0391 e. The second kappa shape index (κ2) is 6.90. The molecule has 2 aliphatic rings. The van der Waals surface area contributed by atoms with Gasteiger partial charge >= 0.3 is 0 Å². The van der Waals surface area contributed by atoms with Gasteiger partial charge in [-0.15, -0.1) is 23.5 Å². The normalized spacial score (nSPS) is 31.2. The predicted molar refractivity (Wildman–Crippen MR) is 124 cm³/mol. The van der Waals surface area contributed by atoms with E-state index in [9.17, 15) is 0 Å². The summed E-state index contributed by atoms with van der Waals surface area (Å²) in [5.41, 5.74) is 4.44. The number of hydrogen-bond acceptors (Lipinski definition) is 2. The van der Waals surface area contributed by atoms with E-state index >= 15 is 0 Å². The second-order valence-corrected chi connectivity index (χ2v) is 15.0. The third-order valence-corrected chi connectivity index (χ3v) is 9.59. The van der Waals surface area contributed by atoms with Gasteiger partial charge in [0.2, 0.25) is 0 Å². The van der Waals surface area contributed by atoms with Crippen molar-refractivity contribution in [2.45, 2.75) is 104 Å². The largest absolute Gasteiger partial charge is 0.144 e. The van der Waals surface area contributed by atoms with Crippen LogP contribution in [-0.2, 0) is 0 Å². The lowest BCUT2D eigenvalue weighted by molar-refractivity contribution is 0.373. The molecular formula is C24H42S2. The summed E-state index contributed by atoms with van der Waals surface area (Å²) in [5, 5.41) is 2.44. The van der Waals surface area contributed by atoms with Gasteiger partial charge in [-0.25, -0.2) is 0 Å². The quantitative estimate of drug-likeness (QED) is 0.413. The van der Waals surface area contributed by atoms with E-state index in [2.05, 4.69) is 119 Å². The summed E-state index contributed by atoms with van der Waals surface area (Å²) in [6.45, 7) is 28.7. The minimum Gasteiger partial charge on any atom is -0.144 e. The maximum atomic E-state index is 2.64. The van der Waals surface area contributed by atoms with Crippen molar-refractivity contribution < 1.29 is 0 Å². The molecule has 2 heteroatoms. The molecule has 0 aromatic heterocycles. The van der Waals surface area contributed by atoms with Crippen LogP contribution in [0.5, 0.6) is 0 Å². The number of rotatable bonds is 1. The Morgan fingerprint density at radius 2 is 0.808 bits per heavy atom. The first kappa shape index (κ1) is 22.5. The fourth-order valence-electron chi connectivity index (χ4n) is 4.04. The molecule has 0 saturated carbocycles. The number of thioether (sulfide) groups is 2. The lowest BCUT2D eigenvalue weighted by atomic mass is 9.75. The van der Waals surface area contributed by atoms with Gasteiger partial charge in [-0.1, -0.05) is 106 Å². The van der Waals surface area contributed by atoms with Gasteiger partial charge in [0.1, 0.15) is 0 Å². The fraction of sp³-hybridized carbons (Fsp3) is 0.833. The third kappa shape index (κ3) is 4.77. The highest BCUT2D eigenvalue weighted by Gasteiger charge is 2.46. The molecule has 2 aliphatic heterocycles. The molecule has 2 rings (SSSR count). The van der Waals surface area contributed by atoms with Crippen LogP contribution in [0, 0.1) is 21.7 Å². The van der Waals surface area contributed by atoms with E-state index in [1.165, 1.54) is 0 Å². The van der Waals surface area contributed by atoms with Crippen LogP contribution in [0.4, 0.5) is 0 Å². The van der Waals surface area contributed by atoms with Gasteiger partial charge in [0.15, 0.2) is 0 Å². The maximum absolute atomic E-state index is 2.64. The van der Waals surface area contributed by atoms with Crippen LogP contribution >= 0.6 is 23.5 Å². The Hall–Kier alpha value is 0.180. The predicted octanol–water partition coefficient (Wildman–Crippen LogP) is 7.99. The molecule has 0 fully saturated rings. The molecule has 0 saturated heterocycles. The zero-order valence-electron chi connectivity index (χ0n) is 19.3. The van der Waals surface area contributed by atoms with Crippen molar-refractivity contribution in [2.24, 2.45) is 21.7 Å². The van der Waals surface area contributed by atoms with Crippen molar-refractivity contribution in [1.29, 1.82) is 0 Å². The number of hydrogen-bond donors (Lipinski definition) is 0. The topological polar surface area (TPSA) is 0 Å². The van der Waals surface area contributed by atoms with Crippen molar-refractivity contribution in [1.82, 2.24) is 0 Å². The van der Waals surface area contributed by atoms with Crippen LogP contribution in [0.25, 0.3) is 0 Å². The van der Waals surface area contributed by atoms with Crippen LogP contribution in [0.1, 0.15) is 83.1 Å². The summed E-state index contributed by atoms with van der Waals surface area (Å²) >= 11 is 4.43. The molecule has 0 N–H and O–H groups in total.